The molecular weight excluding hydrogens is 284 g/mol. The molecule has 0 saturated carbocycles. The van der Waals surface area contributed by atoms with Crippen molar-refractivity contribution in [1.29, 1.82) is 0 Å². The summed E-state index contributed by atoms with van der Waals surface area (Å²) in [6, 6.07) is 0.230. The highest BCUT2D eigenvalue weighted by Gasteiger charge is 2.11. The van der Waals surface area contributed by atoms with Crippen LogP contribution < -0.4 is 0 Å². The third-order valence-corrected chi connectivity index (χ3v) is 2.90. The van der Waals surface area contributed by atoms with Crippen LogP contribution in [-0.2, 0) is 20.9 Å². The molecular formula is C8H13BrN2O3S. The molecule has 0 N–H and O–H groups in total. The maximum atomic E-state index is 10.8. The summed E-state index contributed by atoms with van der Waals surface area (Å²) in [6.45, 7) is 3.93. The van der Waals surface area contributed by atoms with Crippen LogP contribution in [0.15, 0.2) is 10.7 Å². The lowest BCUT2D eigenvalue weighted by atomic mass is 10.4. The molecule has 5 nitrogen and oxygen atoms in total. The molecule has 0 aliphatic heterocycles. The highest BCUT2D eigenvalue weighted by atomic mass is 79.9. The van der Waals surface area contributed by atoms with E-state index >= 15 is 0 Å². The predicted octanol–water partition coefficient (Wildman–Crippen LogP) is 1.70. The molecule has 86 valence electrons. The van der Waals surface area contributed by atoms with Gasteiger partial charge in [-0.15, -0.1) is 0 Å². The quantitative estimate of drug-likeness (QED) is 0.794. The van der Waals surface area contributed by atoms with E-state index in [-0.39, 0.29) is 12.6 Å². The maximum absolute atomic E-state index is 10.8. The van der Waals surface area contributed by atoms with Crippen molar-refractivity contribution in [1.82, 2.24) is 9.78 Å². The smallest absolute Gasteiger partial charge is 0.264 e. The zero-order chi connectivity index (χ0) is 11.6. The molecule has 0 aliphatic carbocycles. The fraction of sp³-hybridized carbons (Fsp3) is 0.625. The summed E-state index contributed by atoms with van der Waals surface area (Å²) in [5.74, 6) is 0. The summed E-state index contributed by atoms with van der Waals surface area (Å²) in [4.78, 5) is 0. The van der Waals surface area contributed by atoms with Gasteiger partial charge in [0.1, 0.15) is 12.3 Å². The minimum atomic E-state index is -3.42. The Morgan fingerprint density at radius 2 is 2.20 bits per heavy atom. The van der Waals surface area contributed by atoms with E-state index in [1.165, 1.54) is 0 Å². The Hall–Kier alpha value is -0.400. The van der Waals surface area contributed by atoms with Gasteiger partial charge in [-0.1, -0.05) is 0 Å². The molecule has 0 radical (unpaired) electrons. The second kappa shape index (κ2) is 4.63. The van der Waals surface area contributed by atoms with Crippen molar-refractivity contribution in [3.8, 4) is 0 Å². The van der Waals surface area contributed by atoms with E-state index < -0.39 is 10.1 Å². The molecule has 1 heterocycles. The van der Waals surface area contributed by atoms with E-state index in [0.29, 0.717) is 5.69 Å². The predicted molar refractivity (Wildman–Crippen MR) is 59.9 cm³/mol. The summed E-state index contributed by atoms with van der Waals surface area (Å²) in [6.07, 6.45) is 2.81. The van der Waals surface area contributed by atoms with Crippen LogP contribution in [0.3, 0.4) is 0 Å². The molecule has 15 heavy (non-hydrogen) atoms. The van der Waals surface area contributed by atoms with Gasteiger partial charge in [-0.3, -0.25) is 8.86 Å². The second-order valence-corrected chi connectivity index (χ2v) is 5.96. The minimum Gasteiger partial charge on any atom is -0.269 e. The van der Waals surface area contributed by atoms with Crippen LogP contribution >= 0.6 is 15.9 Å². The minimum absolute atomic E-state index is 0.0425. The Labute approximate surface area is 97.7 Å². The van der Waals surface area contributed by atoms with Crippen LogP contribution in [0.25, 0.3) is 0 Å². The lowest BCUT2D eigenvalue weighted by Crippen LogP contribution is -2.05. The molecule has 0 aliphatic rings. The first kappa shape index (κ1) is 12.7. The second-order valence-electron chi connectivity index (χ2n) is 3.46. The van der Waals surface area contributed by atoms with E-state index in [4.69, 9.17) is 0 Å². The molecule has 7 heteroatoms. The van der Waals surface area contributed by atoms with Gasteiger partial charge in [0.2, 0.25) is 0 Å². The zero-order valence-corrected chi connectivity index (χ0v) is 11.2. The van der Waals surface area contributed by atoms with Gasteiger partial charge in [0, 0.05) is 12.2 Å². The molecule has 0 fully saturated rings. The van der Waals surface area contributed by atoms with Crippen LogP contribution in [0.4, 0.5) is 0 Å². The van der Waals surface area contributed by atoms with Crippen molar-refractivity contribution in [2.45, 2.75) is 26.5 Å². The Balaban J connectivity index is 2.78. The number of hydrogen-bond donors (Lipinski definition) is 0. The van der Waals surface area contributed by atoms with E-state index in [2.05, 4.69) is 25.2 Å². The van der Waals surface area contributed by atoms with Crippen molar-refractivity contribution < 1.29 is 12.6 Å². The zero-order valence-electron chi connectivity index (χ0n) is 8.77. The van der Waals surface area contributed by atoms with Gasteiger partial charge in [-0.25, -0.2) is 0 Å². The first-order chi connectivity index (χ1) is 6.79. The summed E-state index contributed by atoms with van der Waals surface area (Å²) in [7, 11) is -3.42. The number of aromatic nitrogens is 2. The average Bonchev–Trinajstić information content (AvgIpc) is 2.42. The topological polar surface area (TPSA) is 61.2 Å². The molecule has 0 amide bonds. The third kappa shape index (κ3) is 3.92. The van der Waals surface area contributed by atoms with Crippen LogP contribution in [-0.4, -0.2) is 24.5 Å². The Kier molecular flexibility index (Phi) is 3.91. The van der Waals surface area contributed by atoms with E-state index in [9.17, 15) is 8.42 Å². The van der Waals surface area contributed by atoms with Gasteiger partial charge in [0.15, 0.2) is 0 Å². The van der Waals surface area contributed by atoms with Crippen LogP contribution in [0.2, 0.25) is 0 Å². The summed E-state index contributed by atoms with van der Waals surface area (Å²) >= 11 is 3.30. The van der Waals surface area contributed by atoms with Gasteiger partial charge < -0.3 is 0 Å². The van der Waals surface area contributed by atoms with Crippen molar-refractivity contribution >= 4 is 26.0 Å². The Morgan fingerprint density at radius 3 is 2.60 bits per heavy atom. The largest absolute Gasteiger partial charge is 0.269 e. The molecule has 0 atom stereocenters. The van der Waals surface area contributed by atoms with E-state index in [1.807, 2.05) is 13.8 Å². The molecule has 0 saturated heterocycles. The summed E-state index contributed by atoms with van der Waals surface area (Å²) in [5.41, 5.74) is 0.578. The van der Waals surface area contributed by atoms with Gasteiger partial charge in [-0.2, -0.15) is 13.5 Å². The SMILES string of the molecule is CC(C)n1cc(Br)c(COS(C)(=O)=O)n1. The van der Waals surface area contributed by atoms with Crippen molar-refractivity contribution in [3.63, 3.8) is 0 Å². The Morgan fingerprint density at radius 1 is 1.60 bits per heavy atom. The average molecular weight is 297 g/mol. The van der Waals surface area contributed by atoms with Crippen LogP contribution in [0.1, 0.15) is 25.6 Å². The fourth-order valence-corrected chi connectivity index (χ4v) is 1.66. The van der Waals surface area contributed by atoms with Gasteiger partial charge in [0.05, 0.1) is 10.7 Å². The lowest BCUT2D eigenvalue weighted by molar-refractivity contribution is 0.304. The summed E-state index contributed by atoms with van der Waals surface area (Å²) in [5, 5.41) is 4.19. The summed E-state index contributed by atoms with van der Waals surface area (Å²) < 4.78 is 28.7. The molecule has 0 spiro atoms. The normalized spacial score (nSPS) is 12.3. The van der Waals surface area contributed by atoms with Gasteiger partial charge in [0.25, 0.3) is 10.1 Å². The van der Waals surface area contributed by atoms with Gasteiger partial charge in [-0.05, 0) is 29.8 Å². The van der Waals surface area contributed by atoms with Crippen LogP contribution in [0, 0.1) is 0 Å². The molecule has 1 aromatic heterocycles. The monoisotopic (exact) mass is 296 g/mol. The van der Waals surface area contributed by atoms with Crippen molar-refractivity contribution in [2.75, 3.05) is 6.26 Å². The standard InChI is InChI=1S/C8H13BrN2O3S/c1-6(2)11-4-7(9)8(10-11)5-14-15(3,12)13/h4,6H,5H2,1-3H3. The highest BCUT2D eigenvalue weighted by molar-refractivity contribution is 9.10. The van der Waals surface area contributed by atoms with Crippen molar-refractivity contribution in [3.05, 3.63) is 16.4 Å². The fourth-order valence-electron chi connectivity index (χ4n) is 0.932. The van der Waals surface area contributed by atoms with Crippen LogP contribution in [0.5, 0.6) is 0 Å². The third-order valence-electron chi connectivity index (χ3n) is 1.70. The first-order valence-electron chi connectivity index (χ1n) is 4.37. The lowest BCUT2D eigenvalue weighted by Gasteiger charge is -2.03. The van der Waals surface area contributed by atoms with E-state index in [1.54, 1.807) is 10.9 Å². The number of nitrogens with zero attached hydrogens (tertiary/aromatic N) is 2. The number of rotatable bonds is 4. The molecule has 0 bridgehead atoms. The van der Waals surface area contributed by atoms with Gasteiger partial charge >= 0.3 is 0 Å². The highest BCUT2D eigenvalue weighted by Crippen LogP contribution is 2.18. The first-order valence-corrected chi connectivity index (χ1v) is 6.98. The number of halogens is 1. The molecule has 0 aromatic carbocycles. The van der Waals surface area contributed by atoms with E-state index in [0.717, 1.165) is 10.7 Å². The Bertz CT molecular complexity index is 439. The number of hydrogen-bond acceptors (Lipinski definition) is 4. The molecule has 1 rings (SSSR count). The van der Waals surface area contributed by atoms with Crippen molar-refractivity contribution in [2.24, 2.45) is 0 Å². The molecule has 1 aromatic rings. The maximum Gasteiger partial charge on any atom is 0.264 e. The molecule has 0 unspecified atom stereocenters.